The van der Waals surface area contributed by atoms with Crippen LogP contribution in [0.1, 0.15) is 39.0 Å². The summed E-state index contributed by atoms with van der Waals surface area (Å²) < 4.78 is 14.0. The SMILES string of the molecule is Cc1c(B2OC(C)(C)C(C)(C)O2)cc(C#N)nc1-c1ccn(C)n1. The molecule has 0 atom stereocenters. The quantitative estimate of drug-likeness (QED) is 0.790. The topological polar surface area (TPSA) is 73.0 Å². The summed E-state index contributed by atoms with van der Waals surface area (Å²) in [5.74, 6) is 0. The molecule has 124 valence electrons. The fraction of sp³-hybridized carbons (Fsp3) is 0.471. The summed E-state index contributed by atoms with van der Waals surface area (Å²) in [6.45, 7) is 9.99. The van der Waals surface area contributed by atoms with Gasteiger partial charge in [0.2, 0.25) is 0 Å². The summed E-state index contributed by atoms with van der Waals surface area (Å²) in [6, 6.07) is 5.74. The van der Waals surface area contributed by atoms with Crippen molar-refractivity contribution in [2.75, 3.05) is 0 Å². The van der Waals surface area contributed by atoms with E-state index in [-0.39, 0.29) is 0 Å². The van der Waals surface area contributed by atoms with Crippen LogP contribution in [0.3, 0.4) is 0 Å². The number of hydrogen-bond acceptors (Lipinski definition) is 5. The summed E-state index contributed by atoms with van der Waals surface area (Å²) in [4.78, 5) is 4.43. The molecule has 0 aromatic carbocycles. The molecule has 0 aliphatic carbocycles. The van der Waals surface area contributed by atoms with Crippen molar-refractivity contribution in [1.82, 2.24) is 14.8 Å². The van der Waals surface area contributed by atoms with Crippen molar-refractivity contribution >= 4 is 12.6 Å². The maximum Gasteiger partial charge on any atom is 0.495 e. The van der Waals surface area contributed by atoms with Gasteiger partial charge in [-0.05, 0) is 57.8 Å². The van der Waals surface area contributed by atoms with E-state index in [0.29, 0.717) is 11.4 Å². The van der Waals surface area contributed by atoms with E-state index in [1.807, 2.05) is 53.9 Å². The average molecular weight is 324 g/mol. The predicted molar refractivity (Wildman–Crippen MR) is 91.6 cm³/mol. The molecule has 0 bridgehead atoms. The molecule has 1 fully saturated rings. The lowest BCUT2D eigenvalue weighted by molar-refractivity contribution is 0.00578. The lowest BCUT2D eigenvalue weighted by Crippen LogP contribution is -2.41. The van der Waals surface area contributed by atoms with Crippen molar-refractivity contribution in [3.05, 3.63) is 29.6 Å². The molecule has 3 rings (SSSR count). The van der Waals surface area contributed by atoms with E-state index < -0.39 is 18.3 Å². The summed E-state index contributed by atoms with van der Waals surface area (Å²) in [6.07, 6.45) is 1.85. The Morgan fingerprint density at radius 3 is 2.33 bits per heavy atom. The number of hydrogen-bond donors (Lipinski definition) is 0. The number of aromatic nitrogens is 3. The van der Waals surface area contributed by atoms with Crippen LogP contribution in [0.2, 0.25) is 0 Å². The highest BCUT2D eigenvalue weighted by Crippen LogP contribution is 2.37. The van der Waals surface area contributed by atoms with Crippen LogP contribution >= 0.6 is 0 Å². The van der Waals surface area contributed by atoms with Gasteiger partial charge in [0.1, 0.15) is 17.5 Å². The minimum atomic E-state index is -0.535. The van der Waals surface area contributed by atoms with E-state index in [0.717, 1.165) is 16.7 Å². The second-order valence-electron chi connectivity index (χ2n) is 7.15. The molecular weight excluding hydrogens is 303 g/mol. The molecule has 6 nitrogen and oxygen atoms in total. The molecule has 1 saturated heterocycles. The summed E-state index contributed by atoms with van der Waals surface area (Å²) in [5.41, 5.74) is 2.58. The molecule has 0 saturated carbocycles. The van der Waals surface area contributed by atoms with Gasteiger partial charge in [0.05, 0.1) is 16.9 Å². The van der Waals surface area contributed by atoms with E-state index in [4.69, 9.17) is 9.31 Å². The Balaban J connectivity index is 2.11. The van der Waals surface area contributed by atoms with E-state index in [1.54, 1.807) is 10.7 Å². The Hall–Kier alpha value is -2.17. The highest BCUT2D eigenvalue weighted by molar-refractivity contribution is 6.62. The number of nitrogens with zero attached hydrogens (tertiary/aromatic N) is 4. The number of nitriles is 1. The molecule has 2 aromatic rings. The molecule has 0 amide bonds. The third-order valence-corrected chi connectivity index (χ3v) is 4.89. The summed E-state index contributed by atoms with van der Waals surface area (Å²) >= 11 is 0. The van der Waals surface area contributed by atoms with E-state index in [9.17, 15) is 5.26 Å². The lowest BCUT2D eigenvalue weighted by atomic mass is 9.75. The molecule has 2 aromatic heterocycles. The Morgan fingerprint density at radius 2 is 1.83 bits per heavy atom. The molecule has 24 heavy (non-hydrogen) atoms. The Morgan fingerprint density at radius 1 is 1.21 bits per heavy atom. The molecule has 1 aliphatic rings. The van der Waals surface area contributed by atoms with Crippen molar-refractivity contribution in [1.29, 1.82) is 5.26 Å². The first-order valence-electron chi connectivity index (χ1n) is 7.92. The molecule has 0 N–H and O–H groups in total. The zero-order valence-corrected chi connectivity index (χ0v) is 14.9. The third-order valence-electron chi connectivity index (χ3n) is 4.89. The molecule has 0 radical (unpaired) electrons. The number of pyridine rings is 1. The van der Waals surface area contributed by atoms with Crippen LogP contribution < -0.4 is 5.46 Å². The molecule has 1 aliphatic heterocycles. The van der Waals surface area contributed by atoms with E-state index in [1.165, 1.54) is 0 Å². The van der Waals surface area contributed by atoms with E-state index in [2.05, 4.69) is 16.2 Å². The van der Waals surface area contributed by atoms with Crippen LogP contribution in [0, 0.1) is 18.3 Å². The molecule has 3 heterocycles. The predicted octanol–water partition coefficient (Wildman–Crippen LogP) is 1.96. The first-order chi connectivity index (χ1) is 11.1. The summed E-state index contributed by atoms with van der Waals surface area (Å²) in [7, 11) is 1.31. The second kappa shape index (κ2) is 5.44. The number of rotatable bonds is 2. The van der Waals surface area contributed by atoms with Gasteiger partial charge in [0.15, 0.2) is 0 Å². The van der Waals surface area contributed by atoms with Gasteiger partial charge >= 0.3 is 7.12 Å². The second-order valence-corrected chi connectivity index (χ2v) is 7.15. The van der Waals surface area contributed by atoms with Crippen LogP contribution in [0.5, 0.6) is 0 Å². The molecule has 0 spiro atoms. The van der Waals surface area contributed by atoms with Gasteiger partial charge in [-0.15, -0.1) is 0 Å². The maximum atomic E-state index is 9.36. The van der Waals surface area contributed by atoms with Gasteiger partial charge in [-0.3, -0.25) is 4.68 Å². The Kier molecular flexibility index (Phi) is 3.78. The minimum Gasteiger partial charge on any atom is -0.399 e. The Bertz CT molecular complexity index is 820. The van der Waals surface area contributed by atoms with Gasteiger partial charge in [-0.1, -0.05) is 0 Å². The molecular formula is C17H21BN4O2. The molecule has 7 heteroatoms. The van der Waals surface area contributed by atoms with E-state index >= 15 is 0 Å². The van der Waals surface area contributed by atoms with Crippen molar-refractivity contribution in [2.45, 2.75) is 45.8 Å². The monoisotopic (exact) mass is 324 g/mol. The third kappa shape index (κ3) is 2.62. The normalized spacial score (nSPS) is 18.6. The van der Waals surface area contributed by atoms with Crippen molar-refractivity contribution < 1.29 is 9.31 Å². The van der Waals surface area contributed by atoms with Crippen molar-refractivity contribution in [3.8, 4) is 17.5 Å². The zero-order valence-electron chi connectivity index (χ0n) is 14.9. The smallest absolute Gasteiger partial charge is 0.399 e. The van der Waals surface area contributed by atoms with Gasteiger partial charge < -0.3 is 9.31 Å². The minimum absolute atomic E-state index is 0.325. The van der Waals surface area contributed by atoms with Gasteiger partial charge in [-0.25, -0.2) is 4.98 Å². The van der Waals surface area contributed by atoms with Crippen LogP contribution in [0.25, 0.3) is 11.4 Å². The highest BCUT2D eigenvalue weighted by atomic mass is 16.7. The fourth-order valence-corrected chi connectivity index (χ4v) is 2.69. The number of aryl methyl sites for hydroxylation is 1. The first kappa shape index (κ1) is 16.7. The van der Waals surface area contributed by atoms with Crippen LogP contribution in [-0.4, -0.2) is 33.1 Å². The fourth-order valence-electron chi connectivity index (χ4n) is 2.69. The Labute approximate surface area is 142 Å². The van der Waals surface area contributed by atoms with Crippen LogP contribution in [0.15, 0.2) is 18.3 Å². The highest BCUT2D eigenvalue weighted by Gasteiger charge is 2.52. The summed E-state index contributed by atoms with van der Waals surface area (Å²) in [5, 5.41) is 13.8. The van der Waals surface area contributed by atoms with Gasteiger partial charge in [0.25, 0.3) is 0 Å². The molecule has 0 unspecified atom stereocenters. The average Bonchev–Trinajstić information content (AvgIpc) is 3.00. The zero-order chi connectivity index (χ0) is 17.7. The standard InChI is InChI=1S/C17H21BN4O2/c1-11-13(18-23-16(2,3)17(4,5)24-18)9-12(10-19)20-15(11)14-7-8-22(6)21-14/h7-9H,1-6H3. The maximum absolute atomic E-state index is 9.36. The first-order valence-corrected chi connectivity index (χ1v) is 7.92. The van der Waals surface area contributed by atoms with Crippen LogP contribution in [0.4, 0.5) is 0 Å². The van der Waals surface area contributed by atoms with Gasteiger partial charge in [-0.2, -0.15) is 10.4 Å². The van der Waals surface area contributed by atoms with Crippen molar-refractivity contribution in [3.63, 3.8) is 0 Å². The lowest BCUT2D eigenvalue weighted by Gasteiger charge is -2.32. The largest absolute Gasteiger partial charge is 0.495 e. The van der Waals surface area contributed by atoms with Crippen LogP contribution in [-0.2, 0) is 16.4 Å². The van der Waals surface area contributed by atoms with Gasteiger partial charge in [0, 0.05) is 13.2 Å². The van der Waals surface area contributed by atoms with Crippen molar-refractivity contribution in [2.24, 2.45) is 7.05 Å².